The van der Waals surface area contributed by atoms with E-state index < -0.39 is 0 Å². The summed E-state index contributed by atoms with van der Waals surface area (Å²) >= 11 is 0. The molecule has 3 rings (SSSR count). The van der Waals surface area contributed by atoms with Gasteiger partial charge in [0, 0.05) is 17.6 Å². The van der Waals surface area contributed by atoms with Gasteiger partial charge in [0.1, 0.15) is 0 Å². The maximum absolute atomic E-state index is 9.31. The van der Waals surface area contributed by atoms with E-state index in [1.807, 2.05) is 0 Å². The molecule has 0 unspecified atom stereocenters. The molecule has 0 atom stereocenters. The van der Waals surface area contributed by atoms with Crippen molar-refractivity contribution in [3.05, 3.63) is 29.8 Å². The summed E-state index contributed by atoms with van der Waals surface area (Å²) in [4.78, 5) is 0. The maximum Gasteiger partial charge on any atom is 0.0504 e. The lowest BCUT2D eigenvalue weighted by Gasteiger charge is -2.22. The first-order chi connectivity index (χ1) is 9.31. The predicted octanol–water partition coefficient (Wildman–Crippen LogP) is 3.92. The Morgan fingerprint density at radius 2 is 1.74 bits per heavy atom. The van der Waals surface area contributed by atoms with Crippen LogP contribution in [0.1, 0.15) is 56.4 Å². The van der Waals surface area contributed by atoms with Gasteiger partial charge in [-0.25, -0.2) is 0 Å². The SMILES string of the molecule is OCC1(CNc2ccc(C3CCCCC3)cc2)CC1. The molecule has 0 bridgehead atoms. The minimum absolute atomic E-state index is 0.183. The van der Waals surface area contributed by atoms with Crippen molar-refractivity contribution in [3.8, 4) is 0 Å². The van der Waals surface area contributed by atoms with E-state index in [0.717, 1.165) is 25.3 Å². The summed E-state index contributed by atoms with van der Waals surface area (Å²) in [6, 6.07) is 8.99. The molecule has 2 heteroatoms. The Morgan fingerprint density at radius 3 is 2.32 bits per heavy atom. The average molecular weight is 259 g/mol. The standard InChI is InChI=1S/C17H25NO/c19-13-17(10-11-17)12-18-16-8-6-15(7-9-16)14-4-2-1-3-5-14/h6-9,14,18-19H,1-5,10-13H2. The first kappa shape index (κ1) is 13.0. The average Bonchev–Trinajstić information content (AvgIpc) is 3.27. The maximum atomic E-state index is 9.31. The van der Waals surface area contributed by atoms with Crippen molar-refractivity contribution in [2.45, 2.75) is 50.9 Å². The summed E-state index contributed by atoms with van der Waals surface area (Å²) in [5, 5.41) is 12.8. The number of nitrogens with one attached hydrogen (secondary N) is 1. The molecule has 0 amide bonds. The van der Waals surface area contributed by atoms with Crippen LogP contribution in [0.3, 0.4) is 0 Å². The van der Waals surface area contributed by atoms with E-state index in [1.165, 1.54) is 43.4 Å². The highest BCUT2D eigenvalue weighted by molar-refractivity contribution is 5.45. The summed E-state index contributed by atoms with van der Waals surface area (Å²) in [6.45, 7) is 1.23. The lowest BCUT2D eigenvalue weighted by molar-refractivity contribution is 0.220. The van der Waals surface area contributed by atoms with Gasteiger partial charge in [-0.05, 0) is 49.3 Å². The quantitative estimate of drug-likeness (QED) is 0.840. The molecule has 2 saturated carbocycles. The van der Waals surface area contributed by atoms with Crippen molar-refractivity contribution in [1.82, 2.24) is 0 Å². The lowest BCUT2D eigenvalue weighted by atomic mass is 9.84. The summed E-state index contributed by atoms with van der Waals surface area (Å²) in [5.74, 6) is 0.787. The Hall–Kier alpha value is -1.02. The number of rotatable bonds is 5. The van der Waals surface area contributed by atoms with Crippen LogP contribution in [0.2, 0.25) is 0 Å². The summed E-state index contributed by atoms with van der Waals surface area (Å²) in [5.41, 5.74) is 2.88. The van der Waals surface area contributed by atoms with Gasteiger partial charge < -0.3 is 10.4 Å². The van der Waals surface area contributed by atoms with Gasteiger partial charge >= 0.3 is 0 Å². The van der Waals surface area contributed by atoms with E-state index in [9.17, 15) is 5.11 Å². The number of hydrogen-bond donors (Lipinski definition) is 2. The smallest absolute Gasteiger partial charge is 0.0504 e. The monoisotopic (exact) mass is 259 g/mol. The zero-order chi connectivity index (χ0) is 13.1. The molecule has 0 radical (unpaired) electrons. The van der Waals surface area contributed by atoms with Crippen LogP contribution in [0.5, 0.6) is 0 Å². The van der Waals surface area contributed by atoms with Crippen molar-refractivity contribution in [3.63, 3.8) is 0 Å². The third-order valence-electron chi connectivity index (χ3n) is 4.95. The normalized spacial score (nSPS) is 22.2. The number of benzene rings is 1. The van der Waals surface area contributed by atoms with E-state index in [1.54, 1.807) is 0 Å². The zero-order valence-electron chi connectivity index (χ0n) is 11.7. The van der Waals surface area contributed by atoms with Crippen LogP contribution in [0.25, 0.3) is 0 Å². The van der Waals surface area contributed by atoms with E-state index in [-0.39, 0.29) is 5.41 Å². The summed E-state index contributed by atoms with van der Waals surface area (Å²) in [7, 11) is 0. The van der Waals surface area contributed by atoms with Crippen LogP contribution in [0, 0.1) is 5.41 Å². The van der Waals surface area contributed by atoms with Crippen LogP contribution in [-0.2, 0) is 0 Å². The van der Waals surface area contributed by atoms with E-state index in [0.29, 0.717) is 6.61 Å². The van der Waals surface area contributed by atoms with Gasteiger partial charge in [-0.3, -0.25) is 0 Å². The van der Waals surface area contributed by atoms with Gasteiger partial charge in [-0.15, -0.1) is 0 Å². The highest BCUT2D eigenvalue weighted by atomic mass is 16.3. The Labute approximate surface area is 116 Å². The van der Waals surface area contributed by atoms with E-state index in [2.05, 4.69) is 29.6 Å². The number of hydrogen-bond acceptors (Lipinski definition) is 2. The largest absolute Gasteiger partial charge is 0.396 e. The Balaban J connectivity index is 1.56. The number of anilines is 1. The fraction of sp³-hybridized carbons (Fsp3) is 0.647. The fourth-order valence-corrected chi connectivity index (χ4v) is 3.17. The van der Waals surface area contributed by atoms with Crippen LogP contribution >= 0.6 is 0 Å². The van der Waals surface area contributed by atoms with Gasteiger partial charge in [0.05, 0.1) is 6.61 Å². The van der Waals surface area contributed by atoms with Crippen molar-refractivity contribution in [2.24, 2.45) is 5.41 Å². The second-order valence-corrected chi connectivity index (χ2v) is 6.47. The highest BCUT2D eigenvalue weighted by Crippen LogP contribution is 2.45. The van der Waals surface area contributed by atoms with Crippen LogP contribution in [0.4, 0.5) is 5.69 Å². The summed E-state index contributed by atoms with van der Waals surface area (Å²) < 4.78 is 0. The molecule has 0 heterocycles. The molecule has 19 heavy (non-hydrogen) atoms. The summed E-state index contributed by atoms with van der Waals surface area (Å²) in [6.07, 6.45) is 9.25. The van der Waals surface area contributed by atoms with Crippen LogP contribution in [0.15, 0.2) is 24.3 Å². The van der Waals surface area contributed by atoms with Gasteiger partial charge in [-0.1, -0.05) is 31.4 Å². The molecular formula is C17H25NO. The minimum atomic E-state index is 0.183. The second kappa shape index (κ2) is 5.54. The van der Waals surface area contributed by atoms with Gasteiger partial charge in [0.25, 0.3) is 0 Å². The molecule has 1 aromatic carbocycles. The second-order valence-electron chi connectivity index (χ2n) is 6.47. The first-order valence-electron chi connectivity index (χ1n) is 7.76. The molecule has 1 aromatic rings. The highest BCUT2D eigenvalue weighted by Gasteiger charge is 2.41. The molecule has 0 saturated heterocycles. The van der Waals surface area contributed by atoms with Crippen LogP contribution in [-0.4, -0.2) is 18.3 Å². The molecule has 2 fully saturated rings. The molecule has 104 valence electrons. The number of aliphatic hydroxyl groups is 1. The first-order valence-corrected chi connectivity index (χ1v) is 7.76. The third-order valence-corrected chi connectivity index (χ3v) is 4.95. The zero-order valence-corrected chi connectivity index (χ0v) is 11.7. The van der Waals surface area contributed by atoms with Crippen molar-refractivity contribution in [1.29, 1.82) is 0 Å². The third kappa shape index (κ3) is 3.11. The minimum Gasteiger partial charge on any atom is -0.396 e. The molecule has 2 aliphatic carbocycles. The molecular weight excluding hydrogens is 234 g/mol. The molecule has 0 aromatic heterocycles. The van der Waals surface area contributed by atoms with E-state index in [4.69, 9.17) is 0 Å². The fourth-order valence-electron chi connectivity index (χ4n) is 3.17. The Kier molecular flexibility index (Phi) is 3.79. The molecule has 2 N–H and O–H groups in total. The van der Waals surface area contributed by atoms with Crippen LogP contribution < -0.4 is 5.32 Å². The molecule has 2 nitrogen and oxygen atoms in total. The Morgan fingerprint density at radius 1 is 1.05 bits per heavy atom. The van der Waals surface area contributed by atoms with Crippen molar-refractivity contribution < 1.29 is 5.11 Å². The van der Waals surface area contributed by atoms with Gasteiger partial charge in [0.2, 0.25) is 0 Å². The Bertz CT molecular complexity index is 402. The topological polar surface area (TPSA) is 32.3 Å². The molecule has 0 aliphatic heterocycles. The van der Waals surface area contributed by atoms with Crippen molar-refractivity contribution >= 4 is 5.69 Å². The molecule has 0 spiro atoms. The van der Waals surface area contributed by atoms with E-state index >= 15 is 0 Å². The molecule has 2 aliphatic rings. The van der Waals surface area contributed by atoms with Gasteiger partial charge in [-0.2, -0.15) is 0 Å². The van der Waals surface area contributed by atoms with Crippen molar-refractivity contribution in [2.75, 3.05) is 18.5 Å². The number of aliphatic hydroxyl groups excluding tert-OH is 1. The lowest BCUT2D eigenvalue weighted by Crippen LogP contribution is -2.18. The predicted molar refractivity (Wildman–Crippen MR) is 79.5 cm³/mol. The van der Waals surface area contributed by atoms with Gasteiger partial charge in [0.15, 0.2) is 0 Å².